The standard InChI is InChI=1S/C24H25N5O/c1-24(2)12-20(18-14-26-29(22(18)13-24)17-8-4-3-5-9-17)27-23(30)15-28-16-25-19-10-6-7-11-21(19)28/h3-11,14,16,20H,12-13,15H2,1-2H3,(H,27,30). The van der Waals surface area contributed by atoms with Gasteiger partial charge in [-0.2, -0.15) is 5.10 Å². The fourth-order valence-electron chi connectivity index (χ4n) is 4.49. The van der Waals surface area contributed by atoms with E-state index in [-0.39, 0.29) is 23.9 Å². The van der Waals surface area contributed by atoms with Crippen molar-refractivity contribution in [1.82, 2.24) is 24.6 Å². The maximum atomic E-state index is 12.9. The zero-order valence-corrected chi connectivity index (χ0v) is 17.2. The van der Waals surface area contributed by atoms with E-state index in [1.807, 2.05) is 57.9 Å². The molecule has 1 unspecified atom stereocenters. The molecule has 1 aliphatic rings. The molecule has 0 radical (unpaired) electrons. The molecule has 0 aliphatic heterocycles. The van der Waals surface area contributed by atoms with Gasteiger partial charge in [-0.3, -0.25) is 4.79 Å². The summed E-state index contributed by atoms with van der Waals surface area (Å²) in [5, 5.41) is 7.92. The molecule has 6 heteroatoms. The molecule has 6 nitrogen and oxygen atoms in total. The van der Waals surface area contributed by atoms with Crippen molar-refractivity contribution in [2.45, 2.75) is 39.3 Å². The Balaban J connectivity index is 1.41. The predicted octanol–water partition coefficient (Wildman–Crippen LogP) is 4.05. The number of carbonyl (C=O) groups is 1. The van der Waals surface area contributed by atoms with Crippen molar-refractivity contribution in [3.8, 4) is 5.69 Å². The fourth-order valence-corrected chi connectivity index (χ4v) is 4.49. The van der Waals surface area contributed by atoms with Crippen molar-refractivity contribution >= 4 is 16.9 Å². The third kappa shape index (κ3) is 3.38. The highest BCUT2D eigenvalue weighted by molar-refractivity contribution is 5.80. The molecule has 1 N–H and O–H groups in total. The smallest absolute Gasteiger partial charge is 0.240 e. The lowest BCUT2D eigenvalue weighted by molar-refractivity contribution is -0.122. The molecule has 0 bridgehead atoms. The van der Waals surface area contributed by atoms with Gasteiger partial charge in [0.25, 0.3) is 0 Å². The van der Waals surface area contributed by atoms with Gasteiger partial charge in [-0.25, -0.2) is 9.67 Å². The first kappa shape index (κ1) is 18.6. The van der Waals surface area contributed by atoms with Crippen LogP contribution in [0.2, 0.25) is 0 Å². The van der Waals surface area contributed by atoms with Crippen molar-refractivity contribution in [3.63, 3.8) is 0 Å². The summed E-state index contributed by atoms with van der Waals surface area (Å²) in [4.78, 5) is 17.3. The maximum Gasteiger partial charge on any atom is 0.240 e. The van der Waals surface area contributed by atoms with Crippen molar-refractivity contribution in [3.05, 3.63) is 78.4 Å². The second-order valence-corrected chi connectivity index (χ2v) is 8.82. The second-order valence-electron chi connectivity index (χ2n) is 8.82. The van der Waals surface area contributed by atoms with E-state index in [9.17, 15) is 4.79 Å². The van der Waals surface area contributed by atoms with Gasteiger partial charge < -0.3 is 9.88 Å². The summed E-state index contributed by atoms with van der Waals surface area (Å²) in [7, 11) is 0. The summed E-state index contributed by atoms with van der Waals surface area (Å²) >= 11 is 0. The minimum Gasteiger partial charge on any atom is -0.348 e. The highest BCUT2D eigenvalue weighted by atomic mass is 16.2. The molecule has 0 fully saturated rings. The van der Waals surface area contributed by atoms with Gasteiger partial charge in [-0.1, -0.05) is 44.2 Å². The van der Waals surface area contributed by atoms with Crippen LogP contribution in [0.5, 0.6) is 0 Å². The van der Waals surface area contributed by atoms with E-state index in [1.165, 1.54) is 5.69 Å². The van der Waals surface area contributed by atoms with Gasteiger partial charge >= 0.3 is 0 Å². The number of imidazole rings is 1. The summed E-state index contributed by atoms with van der Waals surface area (Å²) in [6.45, 7) is 4.75. The highest BCUT2D eigenvalue weighted by Gasteiger charge is 2.36. The Hall–Kier alpha value is -3.41. The third-order valence-corrected chi connectivity index (χ3v) is 5.86. The first-order chi connectivity index (χ1) is 14.5. The number of nitrogens with one attached hydrogen (secondary N) is 1. The lowest BCUT2D eigenvalue weighted by Gasteiger charge is -2.36. The number of amides is 1. The highest BCUT2D eigenvalue weighted by Crippen LogP contribution is 2.41. The van der Waals surface area contributed by atoms with Crippen LogP contribution >= 0.6 is 0 Å². The zero-order valence-electron chi connectivity index (χ0n) is 17.2. The lowest BCUT2D eigenvalue weighted by Crippen LogP contribution is -2.38. The molecule has 1 aliphatic carbocycles. The lowest BCUT2D eigenvalue weighted by atomic mass is 9.74. The average molecular weight is 399 g/mol. The van der Waals surface area contributed by atoms with Gasteiger partial charge in [0.2, 0.25) is 5.91 Å². The van der Waals surface area contributed by atoms with Crippen LogP contribution in [-0.4, -0.2) is 25.2 Å². The van der Waals surface area contributed by atoms with Crippen molar-refractivity contribution in [1.29, 1.82) is 0 Å². The molecular formula is C24H25N5O. The number of nitrogens with zero attached hydrogens (tertiary/aromatic N) is 4. The Morgan fingerprint density at radius 3 is 2.73 bits per heavy atom. The van der Waals surface area contributed by atoms with Crippen LogP contribution < -0.4 is 5.32 Å². The fraction of sp³-hybridized carbons (Fsp3) is 0.292. The second kappa shape index (κ2) is 7.13. The molecule has 4 aromatic rings. The van der Waals surface area contributed by atoms with Gasteiger partial charge in [-0.15, -0.1) is 0 Å². The first-order valence-electron chi connectivity index (χ1n) is 10.3. The first-order valence-corrected chi connectivity index (χ1v) is 10.3. The molecule has 5 rings (SSSR count). The molecule has 0 spiro atoms. The quantitative estimate of drug-likeness (QED) is 0.563. The van der Waals surface area contributed by atoms with E-state index < -0.39 is 0 Å². The van der Waals surface area contributed by atoms with Gasteiger partial charge in [0.15, 0.2) is 0 Å². The zero-order chi connectivity index (χ0) is 20.7. The van der Waals surface area contributed by atoms with Crippen LogP contribution in [0.15, 0.2) is 67.1 Å². The van der Waals surface area contributed by atoms with E-state index in [1.54, 1.807) is 6.33 Å². The summed E-state index contributed by atoms with van der Waals surface area (Å²) in [6.07, 6.45) is 5.45. The maximum absolute atomic E-state index is 12.9. The predicted molar refractivity (Wildman–Crippen MR) is 116 cm³/mol. The number of rotatable bonds is 4. The van der Waals surface area contributed by atoms with Crippen molar-refractivity contribution in [2.24, 2.45) is 5.41 Å². The summed E-state index contributed by atoms with van der Waals surface area (Å²) in [5.74, 6) is -0.0146. The Kier molecular flexibility index (Phi) is 4.42. The molecule has 30 heavy (non-hydrogen) atoms. The van der Waals surface area contributed by atoms with E-state index in [2.05, 4.69) is 41.4 Å². The van der Waals surface area contributed by atoms with Crippen LogP contribution in [0.3, 0.4) is 0 Å². The SMILES string of the molecule is CC1(C)Cc2c(cnn2-c2ccccc2)C(NC(=O)Cn2cnc3ccccc32)C1. The molecule has 0 saturated heterocycles. The minimum atomic E-state index is -0.0523. The topological polar surface area (TPSA) is 64.7 Å². The number of fused-ring (bicyclic) bond motifs is 2. The molecule has 2 aromatic heterocycles. The van der Waals surface area contributed by atoms with Gasteiger partial charge in [0.1, 0.15) is 6.54 Å². The molecule has 1 atom stereocenters. The van der Waals surface area contributed by atoms with Gasteiger partial charge in [0.05, 0.1) is 41.0 Å². The number of para-hydroxylation sites is 3. The summed E-state index contributed by atoms with van der Waals surface area (Å²) in [6, 6.07) is 18.0. The Morgan fingerprint density at radius 2 is 1.90 bits per heavy atom. The van der Waals surface area contributed by atoms with Crippen LogP contribution in [0.1, 0.15) is 37.6 Å². The molecule has 152 valence electrons. The molecule has 1 amide bonds. The van der Waals surface area contributed by atoms with E-state index >= 15 is 0 Å². The van der Waals surface area contributed by atoms with E-state index in [4.69, 9.17) is 0 Å². The normalized spacial score (nSPS) is 17.6. The Morgan fingerprint density at radius 1 is 1.13 bits per heavy atom. The largest absolute Gasteiger partial charge is 0.348 e. The van der Waals surface area contributed by atoms with E-state index in [0.717, 1.165) is 35.1 Å². The average Bonchev–Trinajstić information content (AvgIpc) is 3.32. The molecular weight excluding hydrogens is 374 g/mol. The Labute approximate surface area is 175 Å². The van der Waals surface area contributed by atoms with Crippen LogP contribution in [0.4, 0.5) is 0 Å². The molecule has 2 aromatic carbocycles. The molecule has 2 heterocycles. The number of carbonyl (C=O) groups excluding carboxylic acids is 1. The number of benzene rings is 2. The van der Waals surface area contributed by atoms with Crippen LogP contribution in [0, 0.1) is 5.41 Å². The summed E-state index contributed by atoms with van der Waals surface area (Å²) < 4.78 is 3.91. The Bertz CT molecular complexity index is 1200. The number of aromatic nitrogens is 4. The van der Waals surface area contributed by atoms with Crippen molar-refractivity contribution in [2.75, 3.05) is 0 Å². The monoisotopic (exact) mass is 399 g/mol. The molecule has 0 saturated carbocycles. The summed E-state index contributed by atoms with van der Waals surface area (Å²) in [5.41, 5.74) is 5.27. The minimum absolute atomic E-state index is 0.0146. The van der Waals surface area contributed by atoms with Crippen molar-refractivity contribution < 1.29 is 4.79 Å². The van der Waals surface area contributed by atoms with Crippen LogP contribution in [-0.2, 0) is 17.8 Å². The third-order valence-electron chi connectivity index (χ3n) is 5.86. The number of hydrogen-bond acceptors (Lipinski definition) is 3. The number of hydrogen-bond donors (Lipinski definition) is 1. The van der Waals surface area contributed by atoms with Crippen LogP contribution in [0.25, 0.3) is 16.7 Å². The van der Waals surface area contributed by atoms with Gasteiger partial charge in [0, 0.05) is 5.56 Å². The van der Waals surface area contributed by atoms with Gasteiger partial charge in [-0.05, 0) is 42.5 Å². The van der Waals surface area contributed by atoms with E-state index in [0.29, 0.717) is 0 Å².